The molecule has 3 aromatic rings. The number of hydrogen-bond acceptors (Lipinski definition) is 2. The topological polar surface area (TPSA) is 59.5 Å². The van der Waals surface area contributed by atoms with E-state index in [0.29, 0.717) is 10.8 Å². The van der Waals surface area contributed by atoms with E-state index in [1.54, 1.807) is 17.8 Å². The van der Waals surface area contributed by atoms with Crippen LogP contribution in [-0.4, -0.2) is 25.0 Å². The average molecular weight is 288 g/mol. The lowest BCUT2D eigenvalue weighted by atomic mass is 10.1. The summed E-state index contributed by atoms with van der Waals surface area (Å²) in [6.45, 7) is 0. The zero-order valence-corrected chi connectivity index (χ0v) is 11.3. The Hall–Kier alpha value is -2.27. The van der Waals surface area contributed by atoms with Crippen LogP contribution < -0.4 is 0 Å². The maximum atomic E-state index is 11.2. The van der Waals surface area contributed by atoms with Gasteiger partial charge in [-0.3, -0.25) is 4.40 Å². The summed E-state index contributed by atoms with van der Waals surface area (Å²) in [5, 5.41) is 9.87. The van der Waals surface area contributed by atoms with Crippen LogP contribution >= 0.6 is 11.6 Å². The molecule has 0 saturated heterocycles. The second-order valence-corrected chi connectivity index (χ2v) is 5.37. The predicted molar refractivity (Wildman–Crippen MR) is 74.4 cm³/mol. The number of imidazole rings is 2. The molecule has 0 aliphatic heterocycles. The molecule has 6 heteroatoms. The summed E-state index contributed by atoms with van der Waals surface area (Å²) in [6, 6.07) is 5.75. The van der Waals surface area contributed by atoms with Gasteiger partial charge >= 0.3 is 5.97 Å². The van der Waals surface area contributed by atoms with Crippen LogP contribution in [0.25, 0.3) is 17.0 Å². The summed E-state index contributed by atoms with van der Waals surface area (Å²) in [5.74, 6) is -0.307. The number of carboxylic acids is 1. The van der Waals surface area contributed by atoms with Crippen molar-refractivity contribution in [3.8, 4) is 11.3 Å². The zero-order valence-electron chi connectivity index (χ0n) is 10.6. The van der Waals surface area contributed by atoms with E-state index in [0.717, 1.165) is 28.9 Å². The lowest BCUT2D eigenvalue weighted by Gasteiger charge is -1.99. The van der Waals surface area contributed by atoms with Crippen molar-refractivity contribution in [3.05, 3.63) is 46.4 Å². The molecule has 1 aliphatic carbocycles. The van der Waals surface area contributed by atoms with Crippen LogP contribution in [0.5, 0.6) is 0 Å². The molecule has 0 spiro atoms. The molecule has 0 bridgehead atoms. The van der Waals surface area contributed by atoms with E-state index in [1.165, 1.54) is 0 Å². The number of halogens is 1. The lowest BCUT2D eigenvalue weighted by molar-refractivity contribution is 0.0687. The highest BCUT2D eigenvalue weighted by Crippen LogP contribution is 2.38. The standard InChI is InChI=1S/C14H10ClN3O2/c1-17-11(13(19)20)6-18-10-5-7-4-8(15)2-3-9(7)12(10)16-14(17)18/h2-4,6H,5H2,1H3,(H,19,20). The highest BCUT2D eigenvalue weighted by Gasteiger charge is 2.27. The highest BCUT2D eigenvalue weighted by molar-refractivity contribution is 6.30. The molecule has 5 nitrogen and oxygen atoms in total. The first-order valence-electron chi connectivity index (χ1n) is 6.15. The summed E-state index contributed by atoms with van der Waals surface area (Å²) in [5.41, 5.74) is 4.36. The summed E-state index contributed by atoms with van der Waals surface area (Å²) in [7, 11) is 1.71. The SMILES string of the molecule is Cn1c(C(=O)O)cn2c3c(nc12)-c1ccc(Cl)cc1C3. The van der Waals surface area contributed by atoms with E-state index in [2.05, 4.69) is 4.98 Å². The van der Waals surface area contributed by atoms with Crippen LogP contribution in [-0.2, 0) is 13.5 Å². The molecule has 0 atom stereocenters. The molecule has 20 heavy (non-hydrogen) atoms. The summed E-state index contributed by atoms with van der Waals surface area (Å²) in [4.78, 5) is 15.8. The number of aromatic nitrogens is 3. The minimum Gasteiger partial charge on any atom is -0.477 e. The lowest BCUT2D eigenvalue weighted by Crippen LogP contribution is -2.04. The van der Waals surface area contributed by atoms with Gasteiger partial charge in [-0.2, -0.15) is 0 Å². The molecule has 0 amide bonds. The summed E-state index contributed by atoms with van der Waals surface area (Å²) < 4.78 is 3.45. The average Bonchev–Trinajstić information content (AvgIpc) is 2.99. The quantitative estimate of drug-likeness (QED) is 0.585. The van der Waals surface area contributed by atoms with E-state index in [1.807, 2.05) is 22.6 Å². The molecule has 2 aromatic heterocycles. The number of aryl methyl sites for hydroxylation is 1. The molecule has 0 unspecified atom stereocenters. The molecule has 0 saturated carbocycles. The van der Waals surface area contributed by atoms with E-state index in [9.17, 15) is 4.79 Å². The Bertz CT molecular complexity index is 892. The molecule has 1 N–H and O–H groups in total. The third-order valence-electron chi connectivity index (χ3n) is 3.80. The van der Waals surface area contributed by atoms with E-state index in [4.69, 9.17) is 16.7 Å². The van der Waals surface area contributed by atoms with Gasteiger partial charge in [0.15, 0.2) is 0 Å². The van der Waals surface area contributed by atoms with Crippen molar-refractivity contribution in [3.63, 3.8) is 0 Å². The number of carboxylic acid groups (broad SMARTS) is 1. The third-order valence-corrected chi connectivity index (χ3v) is 4.04. The van der Waals surface area contributed by atoms with Gasteiger partial charge in [-0.1, -0.05) is 17.7 Å². The van der Waals surface area contributed by atoms with E-state index < -0.39 is 5.97 Å². The van der Waals surface area contributed by atoms with Crippen LogP contribution in [0, 0.1) is 0 Å². The fraction of sp³-hybridized carbons (Fsp3) is 0.143. The van der Waals surface area contributed by atoms with Crippen molar-refractivity contribution in [2.75, 3.05) is 0 Å². The monoisotopic (exact) mass is 287 g/mol. The first-order chi connectivity index (χ1) is 9.56. The van der Waals surface area contributed by atoms with Crippen LogP contribution in [0.15, 0.2) is 24.4 Å². The van der Waals surface area contributed by atoms with Crippen molar-refractivity contribution in [1.29, 1.82) is 0 Å². The van der Waals surface area contributed by atoms with Crippen molar-refractivity contribution in [1.82, 2.24) is 14.0 Å². The zero-order chi connectivity index (χ0) is 14.0. The summed E-state index contributed by atoms with van der Waals surface area (Å²) in [6.07, 6.45) is 2.34. The smallest absolute Gasteiger partial charge is 0.354 e. The Morgan fingerprint density at radius 1 is 1.45 bits per heavy atom. The molecular formula is C14H10ClN3O2. The molecule has 0 fully saturated rings. The Morgan fingerprint density at radius 2 is 2.25 bits per heavy atom. The Balaban J connectivity index is 2.00. The number of aromatic carboxylic acids is 1. The van der Waals surface area contributed by atoms with Crippen LogP contribution in [0.4, 0.5) is 0 Å². The van der Waals surface area contributed by atoms with Crippen LogP contribution in [0.1, 0.15) is 21.7 Å². The molecule has 2 heterocycles. The van der Waals surface area contributed by atoms with Gasteiger partial charge in [-0.15, -0.1) is 0 Å². The van der Waals surface area contributed by atoms with E-state index in [-0.39, 0.29) is 5.69 Å². The van der Waals surface area contributed by atoms with Gasteiger partial charge in [-0.25, -0.2) is 9.78 Å². The normalized spacial score (nSPS) is 12.7. The Kier molecular flexibility index (Phi) is 2.10. The third kappa shape index (κ3) is 1.33. The molecule has 4 rings (SSSR count). The highest BCUT2D eigenvalue weighted by atomic mass is 35.5. The molecule has 0 radical (unpaired) electrons. The van der Waals surface area contributed by atoms with Crippen LogP contribution in [0.2, 0.25) is 5.02 Å². The van der Waals surface area contributed by atoms with Crippen molar-refractivity contribution in [2.45, 2.75) is 6.42 Å². The first kappa shape index (κ1) is 11.5. The van der Waals surface area contributed by atoms with E-state index >= 15 is 0 Å². The number of benzene rings is 1. The van der Waals surface area contributed by atoms with Gasteiger partial charge in [0.05, 0.1) is 11.4 Å². The van der Waals surface area contributed by atoms with Gasteiger partial charge in [0.1, 0.15) is 5.69 Å². The molecule has 1 aliphatic rings. The first-order valence-corrected chi connectivity index (χ1v) is 6.53. The fourth-order valence-corrected chi connectivity index (χ4v) is 3.04. The summed E-state index contributed by atoms with van der Waals surface area (Å²) >= 11 is 6.01. The van der Waals surface area contributed by atoms with Crippen molar-refractivity contribution < 1.29 is 9.90 Å². The number of fused-ring (bicyclic) bond motifs is 5. The van der Waals surface area contributed by atoms with Gasteiger partial charge in [-0.05, 0) is 17.7 Å². The minimum absolute atomic E-state index is 0.226. The second kappa shape index (κ2) is 3.64. The number of nitrogens with zero attached hydrogens (tertiary/aromatic N) is 3. The van der Waals surface area contributed by atoms with Crippen LogP contribution in [0.3, 0.4) is 0 Å². The Morgan fingerprint density at radius 3 is 3.00 bits per heavy atom. The maximum Gasteiger partial charge on any atom is 0.354 e. The maximum absolute atomic E-state index is 11.2. The minimum atomic E-state index is -0.953. The number of hydrogen-bond donors (Lipinski definition) is 1. The molecular weight excluding hydrogens is 278 g/mol. The fourth-order valence-electron chi connectivity index (χ4n) is 2.85. The second-order valence-electron chi connectivity index (χ2n) is 4.93. The number of carbonyl (C=O) groups is 1. The van der Waals surface area contributed by atoms with Gasteiger partial charge in [0.25, 0.3) is 0 Å². The molecule has 100 valence electrons. The number of rotatable bonds is 1. The van der Waals surface area contributed by atoms with Gasteiger partial charge in [0, 0.05) is 30.3 Å². The molecule has 1 aromatic carbocycles. The largest absolute Gasteiger partial charge is 0.477 e. The van der Waals surface area contributed by atoms with Gasteiger partial charge in [0.2, 0.25) is 5.78 Å². The van der Waals surface area contributed by atoms with Crippen molar-refractivity contribution in [2.24, 2.45) is 7.05 Å². The van der Waals surface area contributed by atoms with Crippen molar-refractivity contribution >= 4 is 23.3 Å². The predicted octanol–water partition coefficient (Wildman–Crippen LogP) is 2.60. The Labute approximate surface area is 119 Å². The van der Waals surface area contributed by atoms with Gasteiger partial charge < -0.3 is 9.67 Å².